The minimum Gasteiger partial charge on any atom is -0.350 e. The lowest BCUT2D eigenvalue weighted by Gasteiger charge is -2.25. The van der Waals surface area contributed by atoms with Crippen LogP contribution >= 0.6 is 0 Å². The Balaban J connectivity index is 3.11. The lowest BCUT2D eigenvalue weighted by molar-refractivity contribution is -0.123. The number of benzene rings is 1. The van der Waals surface area contributed by atoms with Crippen molar-refractivity contribution in [3.63, 3.8) is 0 Å². The van der Waals surface area contributed by atoms with Crippen molar-refractivity contribution in [3.05, 3.63) is 23.8 Å². The molecule has 8 heteroatoms. The number of nitrogens with one attached hydrogen (secondary N) is 3. The summed E-state index contributed by atoms with van der Waals surface area (Å²) < 4.78 is 0. The van der Waals surface area contributed by atoms with Crippen LogP contribution in [0.2, 0.25) is 0 Å². The topological polar surface area (TPSA) is 108 Å². The summed E-state index contributed by atoms with van der Waals surface area (Å²) in [5.41, 5.74) is 0.624. The van der Waals surface area contributed by atoms with Crippen molar-refractivity contribution in [2.45, 2.75) is 47.1 Å². The highest BCUT2D eigenvalue weighted by Crippen LogP contribution is 2.21. The van der Waals surface area contributed by atoms with Crippen LogP contribution in [0.5, 0.6) is 0 Å². The molecule has 0 aliphatic rings. The van der Waals surface area contributed by atoms with Crippen LogP contribution in [0.4, 0.5) is 11.4 Å². The van der Waals surface area contributed by atoms with Crippen molar-refractivity contribution in [3.8, 4) is 0 Å². The molecule has 0 atom stereocenters. The van der Waals surface area contributed by atoms with Gasteiger partial charge in [-0.2, -0.15) is 0 Å². The second-order valence-corrected chi connectivity index (χ2v) is 7.28. The second kappa shape index (κ2) is 9.16. The molecule has 1 aromatic carbocycles. The number of nitrogens with zero attached hydrogens (tertiary/aromatic N) is 1. The van der Waals surface area contributed by atoms with Crippen LogP contribution in [-0.4, -0.2) is 47.2 Å². The number of amides is 4. The van der Waals surface area contributed by atoms with Crippen LogP contribution in [0.25, 0.3) is 0 Å². The van der Waals surface area contributed by atoms with Gasteiger partial charge in [-0.3, -0.25) is 19.2 Å². The predicted molar refractivity (Wildman–Crippen MR) is 105 cm³/mol. The van der Waals surface area contributed by atoms with Crippen LogP contribution in [0.1, 0.15) is 51.9 Å². The van der Waals surface area contributed by atoms with E-state index in [0.29, 0.717) is 17.9 Å². The van der Waals surface area contributed by atoms with Gasteiger partial charge in [-0.1, -0.05) is 0 Å². The molecule has 1 aromatic rings. The Labute approximate surface area is 159 Å². The summed E-state index contributed by atoms with van der Waals surface area (Å²) in [4.78, 5) is 49.1. The molecular weight excluding hydrogens is 348 g/mol. The van der Waals surface area contributed by atoms with Gasteiger partial charge in [0, 0.05) is 42.9 Å². The Morgan fingerprint density at radius 1 is 0.926 bits per heavy atom. The van der Waals surface area contributed by atoms with Gasteiger partial charge in [-0.15, -0.1) is 0 Å². The first-order valence-electron chi connectivity index (χ1n) is 8.72. The fourth-order valence-electron chi connectivity index (χ4n) is 2.44. The Morgan fingerprint density at radius 2 is 1.41 bits per heavy atom. The van der Waals surface area contributed by atoms with Crippen molar-refractivity contribution in [2.24, 2.45) is 0 Å². The quantitative estimate of drug-likeness (QED) is 0.705. The van der Waals surface area contributed by atoms with Crippen molar-refractivity contribution in [2.75, 3.05) is 23.7 Å². The van der Waals surface area contributed by atoms with E-state index < -0.39 is 5.54 Å². The number of hydrogen-bond donors (Lipinski definition) is 3. The molecule has 0 radical (unpaired) electrons. The van der Waals surface area contributed by atoms with E-state index >= 15 is 0 Å². The zero-order chi connectivity index (χ0) is 20.8. The summed E-state index contributed by atoms with van der Waals surface area (Å²) in [6.45, 7) is 10.3. The van der Waals surface area contributed by atoms with Gasteiger partial charge in [0.1, 0.15) is 0 Å². The van der Waals surface area contributed by atoms with Gasteiger partial charge < -0.3 is 20.9 Å². The first kappa shape index (κ1) is 22.1. The fourth-order valence-corrected chi connectivity index (χ4v) is 2.44. The summed E-state index contributed by atoms with van der Waals surface area (Å²) in [6, 6.07) is 4.58. The number of rotatable bonds is 6. The molecule has 0 unspecified atom stereocenters. The molecule has 3 N–H and O–H groups in total. The van der Waals surface area contributed by atoms with Crippen molar-refractivity contribution in [1.29, 1.82) is 0 Å². The van der Waals surface area contributed by atoms with Crippen LogP contribution in [-0.2, 0) is 14.4 Å². The largest absolute Gasteiger partial charge is 0.350 e. The lowest BCUT2D eigenvalue weighted by Crippen LogP contribution is -2.47. The lowest BCUT2D eigenvalue weighted by atomic mass is 10.1. The van der Waals surface area contributed by atoms with E-state index in [1.165, 1.54) is 30.9 Å². The third-order valence-electron chi connectivity index (χ3n) is 3.34. The first-order valence-corrected chi connectivity index (χ1v) is 8.72. The van der Waals surface area contributed by atoms with Crippen LogP contribution in [0, 0.1) is 0 Å². The molecule has 0 saturated carbocycles. The van der Waals surface area contributed by atoms with Crippen LogP contribution in [0.3, 0.4) is 0 Å². The molecule has 27 heavy (non-hydrogen) atoms. The van der Waals surface area contributed by atoms with Gasteiger partial charge >= 0.3 is 0 Å². The Bertz CT molecular complexity index is 703. The van der Waals surface area contributed by atoms with Gasteiger partial charge in [-0.25, -0.2) is 0 Å². The van der Waals surface area contributed by atoms with Gasteiger partial charge in [0.25, 0.3) is 5.91 Å². The standard InChI is InChI=1S/C19H28N4O4/c1-7-23(11-17(26)22-19(4,5)6)18(27)14-8-15(20-12(2)24)10-16(9-14)21-13(3)25/h8-10H,7,11H2,1-6H3,(H,20,24)(H,21,25)(H,22,26). The Morgan fingerprint density at radius 3 is 1.78 bits per heavy atom. The molecule has 0 aliphatic heterocycles. The van der Waals surface area contributed by atoms with Gasteiger partial charge in [0.05, 0.1) is 6.54 Å². The van der Waals surface area contributed by atoms with E-state index in [2.05, 4.69) is 16.0 Å². The highest BCUT2D eigenvalue weighted by atomic mass is 16.2. The third kappa shape index (κ3) is 7.89. The average molecular weight is 376 g/mol. The molecule has 0 saturated heterocycles. The number of likely N-dealkylation sites (N-methyl/N-ethyl adjacent to an activating group) is 1. The number of hydrogen-bond acceptors (Lipinski definition) is 4. The molecular formula is C19H28N4O4. The van der Waals surface area contributed by atoms with Gasteiger partial charge in [0.2, 0.25) is 17.7 Å². The highest BCUT2D eigenvalue weighted by Gasteiger charge is 2.21. The number of anilines is 2. The van der Waals surface area contributed by atoms with Crippen molar-refractivity contribution in [1.82, 2.24) is 10.2 Å². The van der Waals surface area contributed by atoms with E-state index in [0.717, 1.165) is 0 Å². The summed E-state index contributed by atoms with van der Waals surface area (Å²) in [6.07, 6.45) is 0. The Hall–Kier alpha value is -2.90. The molecule has 0 bridgehead atoms. The molecule has 4 amide bonds. The summed E-state index contributed by atoms with van der Waals surface area (Å²) in [5.74, 6) is -1.24. The number of carbonyl (C=O) groups excluding carboxylic acids is 4. The maximum absolute atomic E-state index is 12.9. The summed E-state index contributed by atoms with van der Waals surface area (Å²) in [7, 11) is 0. The fraction of sp³-hybridized carbons (Fsp3) is 0.474. The summed E-state index contributed by atoms with van der Waals surface area (Å²) in [5, 5.41) is 8.02. The molecule has 0 aliphatic carbocycles. The summed E-state index contributed by atoms with van der Waals surface area (Å²) >= 11 is 0. The molecule has 1 rings (SSSR count). The van der Waals surface area contributed by atoms with E-state index in [4.69, 9.17) is 0 Å². The maximum atomic E-state index is 12.9. The molecule has 0 fully saturated rings. The van der Waals surface area contributed by atoms with Crippen LogP contribution in [0.15, 0.2) is 18.2 Å². The van der Waals surface area contributed by atoms with Gasteiger partial charge in [0.15, 0.2) is 0 Å². The van der Waals surface area contributed by atoms with Crippen LogP contribution < -0.4 is 16.0 Å². The minimum atomic E-state index is -0.399. The second-order valence-electron chi connectivity index (χ2n) is 7.28. The predicted octanol–water partition coefficient (Wildman–Crippen LogP) is 1.98. The highest BCUT2D eigenvalue weighted by molar-refractivity contribution is 6.01. The molecule has 0 heterocycles. The molecule has 8 nitrogen and oxygen atoms in total. The van der Waals surface area contributed by atoms with E-state index in [1.54, 1.807) is 13.0 Å². The van der Waals surface area contributed by atoms with Crippen molar-refractivity contribution < 1.29 is 19.2 Å². The van der Waals surface area contributed by atoms with E-state index in [-0.39, 0.29) is 35.7 Å². The zero-order valence-electron chi connectivity index (χ0n) is 16.7. The third-order valence-corrected chi connectivity index (χ3v) is 3.34. The zero-order valence-corrected chi connectivity index (χ0v) is 16.7. The normalized spacial score (nSPS) is 10.7. The smallest absolute Gasteiger partial charge is 0.254 e. The molecule has 0 spiro atoms. The maximum Gasteiger partial charge on any atom is 0.254 e. The average Bonchev–Trinajstić information content (AvgIpc) is 2.48. The first-order chi connectivity index (χ1) is 12.4. The SMILES string of the molecule is CCN(CC(=O)NC(C)(C)C)C(=O)c1cc(NC(C)=O)cc(NC(C)=O)c1. The van der Waals surface area contributed by atoms with Crippen molar-refractivity contribution >= 4 is 35.0 Å². The van der Waals surface area contributed by atoms with E-state index in [9.17, 15) is 19.2 Å². The monoisotopic (exact) mass is 376 g/mol. The van der Waals surface area contributed by atoms with E-state index in [1.807, 2.05) is 20.8 Å². The number of carbonyl (C=O) groups is 4. The Kier molecular flexibility index (Phi) is 7.51. The molecule has 0 aromatic heterocycles. The van der Waals surface area contributed by atoms with Gasteiger partial charge in [-0.05, 0) is 45.9 Å². The molecule has 148 valence electrons. The minimum absolute atomic E-state index is 0.0908.